The van der Waals surface area contributed by atoms with Crippen LogP contribution in [0.25, 0.3) is 21.8 Å². The van der Waals surface area contributed by atoms with Crippen LogP contribution >= 0.6 is 11.5 Å². The zero-order valence-electron chi connectivity index (χ0n) is 18.2. The minimum absolute atomic E-state index is 0.140. The molecule has 9 nitrogen and oxygen atoms in total. The number of carboxylic acids is 2. The molecule has 4 aromatic rings. The van der Waals surface area contributed by atoms with E-state index in [2.05, 4.69) is 25.8 Å². The van der Waals surface area contributed by atoms with Crippen molar-refractivity contribution >= 4 is 51.0 Å². The van der Waals surface area contributed by atoms with E-state index in [4.69, 9.17) is 5.11 Å². The third-order valence-electron chi connectivity index (χ3n) is 5.52. The number of rotatable bonds is 4. The summed E-state index contributed by atoms with van der Waals surface area (Å²) in [6, 6.07) is 13.2. The van der Waals surface area contributed by atoms with E-state index in [0.29, 0.717) is 11.4 Å². The van der Waals surface area contributed by atoms with Crippen LogP contribution in [0.3, 0.4) is 0 Å². The SMILES string of the molecule is CCn1nc(C(=O)O)c2cc(N3CCCNCC3)ccc21.O=C(O)c1snc2ccccc12. The molecule has 1 aliphatic heterocycles. The Morgan fingerprint density at radius 3 is 2.64 bits per heavy atom. The van der Waals surface area contributed by atoms with Crippen LogP contribution in [-0.2, 0) is 6.54 Å². The molecule has 2 aromatic heterocycles. The molecule has 5 rings (SSSR count). The number of hydrogen-bond acceptors (Lipinski definition) is 7. The van der Waals surface area contributed by atoms with Gasteiger partial charge in [0, 0.05) is 42.6 Å². The summed E-state index contributed by atoms with van der Waals surface area (Å²) in [6.07, 6.45) is 1.10. The molecule has 0 radical (unpaired) electrons. The van der Waals surface area contributed by atoms with E-state index in [9.17, 15) is 14.7 Å². The first-order chi connectivity index (χ1) is 16.0. The average molecular weight is 468 g/mol. The Morgan fingerprint density at radius 1 is 1.06 bits per heavy atom. The zero-order chi connectivity index (χ0) is 23.4. The van der Waals surface area contributed by atoms with E-state index in [1.165, 1.54) is 0 Å². The van der Waals surface area contributed by atoms with Gasteiger partial charge in [0.1, 0.15) is 4.88 Å². The first-order valence-corrected chi connectivity index (χ1v) is 11.5. The lowest BCUT2D eigenvalue weighted by atomic mass is 10.1. The third-order valence-corrected chi connectivity index (χ3v) is 6.38. The van der Waals surface area contributed by atoms with Crippen molar-refractivity contribution in [1.29, 1.82) is 0 Å². The summed E-state index contributed by atoms with van der Waals surface area (Å²) in [5.41, 5.74) is 2.84. The summed E-state index contributed by atoms with van der Waals surface area (Å²) in [7, 11) is 0. The van der Waals surface area contributed by atoms with Crippen molar-refractivity contribution in [3.05, 3.63) is 53.0 Å². The first kappa shape index (κ1) is 22.7. The number of aromatic nitrogens is 3. The summed E-state index contributed by atoms with van der Waals surface area (Å²) < 4.78 is 5.74. The number of hydrogen-bond donors (Lipinski definition) is 3. The molecule has 1 saturated heterocycles. The highest BCUT2D eigenvalue weighted by Gasteiger charge is 2.18. The van der Waals surface area contributed by atoms with Crippen LogP contribution in [-0.4, -0.2) is 62.5 Å². The minimum atomic E-state index is -0.970. The zero-order valence-corrected chi connectivity index (χ0v) is 19.0. The van der Waals surface area contributed by atoms with Crippen molar-refractivity contribution in [2.75, 3.05) is 31.1 Å². The van der Waals surface area contributed by atoms with Gasteiger partial charge in [-0.3, -0.25) is 4.68 Å². The molecule has 0 unspecified atom stereocenters. The Labute approximate surface area is 194 Å². The van der Waals surface area contributed by atoms with Crippen LogP contribution in [0.4, 0.5) is 5.69 Å². The molecule has 3 heterocycles. The Balaban J connectivity index is 0.000000183. The Morgan fingerprint density at radius 2 is 1.88 bits per heavy atom. The maximum atomic E-state index is 11.4. The van der Waals surface area contributed by atoms with Gasteiger partial charge < -0.3 is 20.4 Å². The van der Waals surface area contributed by atoms with Gasteiger partial charge in [0.05, 0.1) is 11.0 Å². The fourth-order valence-electron chi connectivity index (χ4n) is 3.91. The predicted octanol–water partition coefficient (Wildman–Crippen LogP) is 3.55. The number of nitrogens with one attached hydrogen (secondary N) is 1. The molecular formula is C23H25N5O4S. The van der Waals surface area contributed by atoms with Crippen LogP contribution in [0.1, 0.15) is 33.5 Å². The fraction of sp³-hybridized carbons (Fsp3) is 0.304. The molecule has 0 bridgehead atoms. The molecule has 0 amide bonds. The van der Waals surface area contributed by atoms with E-state index in [-0.39, 0.29) is 5.69 Å². The van der Waals surface area contributed by atoms with Gasteiger partial charge >= 0.3 is 11.9 Å². The van der Waals surface area contributed by atoms with Gasteiger partial charge in [0.25, 0.3) is 0 Å². The second kappa shape index (κ2) is 9.97. The van der Waals surface area contributed by atoms with Crippen molar-refractivity contribution in [2.45, 2.75) is 19.9 Å². The molecule has 1 fully saturated rings. The van der Waals surface area contributed by atoms with Crippen molar-refractivity contribution in [2.24, 2.45) is 0 Å². The lowest BCUT2D eigenvalue weighted by Crippen LogP contribution is -2.27. The summed E-state index contributed by atoms with van der Waals surface area (Å²) in [5, 5.41) is 27.1. The average Bonchev–Trinajstić information content (AvgIpc) is 3.31. The van der Waals surface area contributed by atoms with Crippen molar-refractivity contribution in [3.8, 4) is 0 Å². The highest BCUT2D eigenvalue weighted by molar-refractivity contribution is 7.09. The molecule has 3 N–H and O–H groups in total. The molecule has 0 saturated carbocycles. The summed E-state index contributed by atoms with van der Waals surface area (Å²) in [5.74, 6) is -1.88. The number of anilines is 1. The number of aryl methyl sites for hydroxylation is 1. The maximum Gasteiger partial charge on any atom is 0.357 e. The Hall–Kier alpha value is -3.50. The largest absolute Gasteiger partial charge is 0.477 e. The standard InChI is InChI=1S/C15H20N4O2.C8H5NO2S/c1-2-19-13-5-4-11(18-8-3-6-16-7-9-18)10-12(13)14(17-19)15(20)21;10-8(11)7-5-3-1-2-4-6(5)9-12-7/h4-5,10,16H,2-3,6-9H2,1H3,(H,20,21);1-4H,(H,10,11). The van der Waals surface area contributed by atoms with E-state index in [1.807, 2.05) is 31.2 Å². The maximum absolute atomic E-state index is 11.4. The molecule has 0 aliphatic carbocycles. The molecular weight excluding hydrogens is 442 g/mol. The topological polar surface area (TPSA) is 121 Å². The van der Waals surface area contributed by atoms with Gasteiger partial charge in [0.2, 0.25) is 0 Å². The quantitative estimate of drug-likeness (QED) is 0.417. The van der Waals surface area contributed by atoms with Gasteiger partial charge in [-0.1, -0.05) is 18.2 Å². The Bertz CT molecular complexity index is 1290. The van der Waals surface area contributed by atoms with Crippen LogP contribution < -0.4 is 10.2 Å². The number of fused-ring (bicyclic) bond motifs is 2. The van der Waals surface area contributed by atoms with Crippen LogP contribution in [0.5, 0.6) is 0 Å². The minimum Gasteiger partial charge on any atom is -0.477 e. The summed E-state index contributed by atoms with van der Waals surface area (Å²) in [6.45, 7) is 6.55. The second-order valence-corrected chi connectivity index (χ2v) is 8.37. The normalized spacial score (nSPS) is 14.0. The lowest BCUT2D eigenvalue weighted by Gasteiger charge is -2.22. The molecule has 0 atom stereocenters. The highest BCUT2D eigenvalue weighted by Crippen LogP contribution is 2.26. The Kier molecular flexibility index (Phi) is 6.85. The lowest BCUT2D eigenvalue weighted by molar-refractivity contribution is 0.0685. The smallest absolute Gasteiger partial charge is 0.357 e. The van der Waals surface area contributed by atoms with Crippen LogP contribution in [0, 0.1) is 0 Å². The van der Waals surface area contributed by atoms with E-state index in [0.717, 1.165) is 71.6 Å². The predicted molar refractivity (Wildman–Crippen MR) is 129 cm³/mol. The van der Waals surface area contributed by atoms with E-state index < -0.39 is 11.9 Å². The van der Waals surface area contributed by atoms with Crippen LogP contribution in [0.15, 0.2) is 42.5 Å². The van der Waals surface area contributed by atoms with Crippen molar-refractivity contribution in [3.63, 3.8) is 0 Å². The second-order valence-electron chi connectivity index (χ2n) is 7.60. The van der Waals surface area contributed by atoms with Gasteiger partial charge in [-0.2, -0.15) is 9.47 Å². The molecule has 172 valence electrons. The summed E-state index contributed by atoms with van der Waals surface area (Å²) in [4.78, 5) is 24.6. The summed E-state index contributed by atoms with van der Waals surface area (Å²) >= 11 is 1.02. The molecule has 0 spiro atoms. The number of nitrogens with zero attached hydrogens (tertiary/aromatic N) is 4. The number of carbonyl (C=O) groups is 2. The van der Waals surface area contributed by atoms with Gasteiger partial charge in [0.15, 0.2) is 5.69 Å². The van der Waals surface area contributed by atoms with Crippen molar-refractivity contribution < 1.29 is 19.8 Å². The van der Waals surface area contributed by atoms with Gasteiger partial charge in [-0.15, -0.1) is 0 Å². The molecule has 2 aromatic carbocycles. The fourth-order valence-corrected chi connectivity index (χ4v) is 4.61. The molecule has 10 heteroatoms. The highest BCUT2D eigenvalue weighted by atomic mass is 32.1. The van der Waals surface area contributed by atoms with Gasteiger partial charge in [-0.05, 0) is 55.7 Å². The van der Waals surface area contributed by atoms with Crippen molar-refractivity contribution in [1.82, 2.24) is 19.5 Å². The van der Waals surface area contributed by atoms with E-state index in [1.54, 1.807) is 16.8 Å². The first-order valence-electron chi connectivity index (χ1n) is 10.8. The number of benzene rings is 2. The third kappa shape index (κ3) is 4.81. The molecule has 33 heavy (non-hydrogen) atoms. The number of aromatic carboxylic acids is 2. The van der Waals surface area contributed by atoms with Crippen LogP contribution in [0.2, 0.25) is 0 Å². The molecule has 1 aliphatic rings. The number of carboxylic acid groups (broad SMARTS) is 2. The monoisotopic (exact) mass is 467 g/mol. The van der Waals surface area contributed by atoms with E-state index >= 15 is 0 Å². The van der Waals surface area contributed by atoms with Gasteiger partial charge in [-0.25, -0.2) is 9.59 Å².